The number of piperidine rings is 1. The summed E-state index contributed by atoms with van der Waals surface area (Å²) < 4.78 is 5.72. The van der Waals surface area contributed by atoms with Crippen molar-refractivity contribution in [1.29, 1.82) is 0 Å². The summed E-state index contributed by atoms with van der Waals surface area (Å²) in [5.74, 6) is -0.173. The highest BCUT2D eigenvalue weighted by Crippen LogP contribution is 2.39. The van der Waals surface area contributed by atoms with E-state index < -0.39 is 5.91 Å². The third-order valence-corrected chi connectivity index (χ3v) is 5.79. The van der Waals surface area contributed by atoms with E-state index in [2.05, 4.69) is 15.2 Å². The highest BCUT2D eigenvalue weighted by Gasteiger charge is 2.24. The van der Waals surface area contributed by atoms with E-state index >= 15 is 0 Å². The maximum absolute atomic E-state index is 11.6. The van der Waals surface area contributed by atoms with Crippen LogP contribution in [0.2, 0.25) is 0 Å². The number of carbonyl (C=O) groups excluding carboxylic acids is 2. The fourth-order valence-corrected chi connectivity index (χ4v) is 4.38. The Bertz CT molecular complexity index is 838. The Morgan fingerprint density at radius 2 is 2.30 bits per heavy atom. The van der Waals surface area contributed by atoms with Crippen molar-refractivity contribution in [2.75, 3.05) is 43.5 Å². The van der Waals surface area contributed by atoms with Gasteiger partial charge in [0.2, 0.25) is 5.91 Å². The number of carbonyl (C=O) groups is 2. The molecular weight excluding hydrogens is 366 g/mol. The molecule has 2 amide bonds. The van der Waals surface area contributed by atoms with Crippen LogP contribution in [0.3, 0.4) is 0 Å². The van der Waals surface area contributed by atoms with Crippen LogP contribution in [0.1, 0.15) is 29.4 Å². The molecule has 1 saturated heterocycles. The van der Waals surface area contributed by atoms with Crippen molar-refractivity contribution in [3.63, 3.8) is 0 Å². The van der Waals surface area contributed by atoms with Crippen molar-refractivity contribution in [3.8, 4) is 0 Å². The average molecular weight is 391 g/mol. The van der Waals surface area contributed by atoms with Crippen LogP contribution in [-0.4, -0.2) is 49.6 Å². The van der Waals surface area contributed by atoms with Gasteiger partial charge in [-0.3, -0.25) is 9.59 Å². The van der Waals surface area contributed by atoms with Crippen molar-refractivity contribution in [1.82, 2.24) is 10.3 Å². The first-order chi connectivity index (χ1) is 13.0. The Morgan fingerprint density at radius 3 is 3.04 bits per heavy atom. The molecule has 0 aromatic carbocycles. The first-order valence-corrected chi connectivity index (χ1v) is 9.83. The van der Waals surface area contributed by atoms with Gasteiger partial charge < -0.3 is 26.4 Å². The number of nitrogens with one attached hydrogen (secondary N) is 1. The summed E-state index contributed by atoms with van der Waals surface area (Å²) in [6, 6.07) is 1.94. The number of hydrogen-bond acceptors (Lipinski definition) is 7. The number of amides is 2. The zero-order valence-corrected chi connectivity index (χ0v) is 16.2. The highest BCUT2D eigenvalue weighted by atomic mass is 32.1. The van der Waals surface area contributed by atoms with Gasteiger partial charge in [0.15, 0.2) is 0 Å². The van der Waals surface area contributed by atoms with E-state index in [1.807, 2.05) is 6.07 Å². The summed E-state index contributed by atoms with van der Waals surface area (Å²) in [5, 5.41) is 3.53. The number of rotatable bonds is 7. The van der Waals surface area contributed by atoms with E-state index in [4.69, 9.17) is 16.2 Å². The van der Waals surface area contributed by atoms with Crippen molar-refractivity contribution in [2.24, 2.45) is 11.7 Å². The lowest BCUT2D eigenvalue weighted by molar-refractivity contribution is -0.119. The molecule has 0 saturated carbocycles. The SMILES string of the molecule is CC(=O)NCCOCC1CCCN(c2ccnc3sc(C(N)=O)c(N)c23)C1. The summed E-state index contributed by atoms with van der Waals surface area (Å²) in [6.45, 7) is 4.94. The van der Waals surface area contributed by atoms with E-state index in [-0.39, 0.29) is 5.91 Å². The summed E-state index contributed by atoms with van der Waals surface area (Å²) in [5.41, 5.74) is 13.0. The van der Waals surface area contributed by atoms with E-state index in [0.717, 1.165) is 41.8 Å². The summed E-state index contributed by atoms with van der Waals surface area (Å²) in [4.78, 5) is 30.2. The van der Waals surface area contributed by atoms with Crippen molar-refractivity contribution >= 4 is 44.7 Å². The van der Waals surface area contributed by atoms with Crippen LogP contribution in [0, 0.1) is 5.92 Å². The smallest absolute Gasteiger partial charge is 0.260 e. The molecule has 0 spiro atoms. The number of hydrogen-bond donors (Lipinski definition) is 3. The molecule has 1 aliphatic heterocycles. The van der Waals surface area contributed by atoms with Gasteiger partial charge in [-0.2, -0.15) is 0 Å². The molecular formula is C18H25N5O3S. The topological polar surface area (TPSA) is 124 Å². The van der Waals surface area contributed by atoms with Gasteiger partial charge >= 0.3 is 0 Å². The van der Waals surface area contributed by atoms with Gasteiger partial charge in [0.25, 0.3) is 5.91 Å². The number of primary amides is 1. The van der Waals surface area contributed by atoms with Crippen LogP contribution in [-0.2, 0) is 9.53 Å². The summed E-state index contributed by atoms with van der Waals surface area (Å²) in [7, 11) is 0. The lowest BCUT2D eigenvalue weighted by Gasteiger charge is -2.34. The minimum atomic E-state index is -0.523. The normalized spacial score (nSPS) is 17.2. The fraction of sp³-hybridized carbons (Fsp3) is 0.500. The van der Waals surface area contributed by atoms with Gasteiger partial charge in [-0.05, 0) is 24.8 Å². The third-order valence-electron chi connectivity index (χ3n) is 4.66. The fourth-order valence-electron chi connectivity index (χ4n) is 3.44. The predicted molar refractivity (Wildman–Crippen MR) is 107 cm³/mol. The molecule has 3 rings (SSSR count). The molecule has 1 atom stereocenters. The number of aromatic nitrogens is 1. The van der Waals surface area contributed by atoms with Gasteiger partial charge in [-0.15, -0.1) is 11.3 Å². The lowest BCUT2D eigenvalue weighted by atomic mass is 9.98. The molecule has 9 heteroatoms. The largest absolute Gasteiger partial charge is 0.397 e. The van der Waals surface area contributed by atoms with E-state index in [1.165, 1.54) is 18.3 Å². The Balaban J connectivity index is 1.69. The number of thiophene rings is 1. The van der Waals surface area contributed by atoms with Gasteiger partial charge in [0.05, 0.1) is 30.0 Å². The number of ether oxygens (including phenoxy) is 1. The van der Waals surface area contributed by atoms with Crippen LogP contribution in [0.5, 0.6) is 0 Å². The maximum atomic E-state index is 11.6. The Labute approximate surface area is 161 Å². The number of nitrogen functional groups attached to an aromatic ring is 1. The molecule has 2 aromatic heterocycles. The van der Waals surface area contributed by atoms with Crippen LogP contribution in [0.4, 0.5) is 11.4 Å². The molecule has 0 aliphatic carbocycles. The first-order valence-electron chi connectivity index (χ1n) is 9.01. The monoisotopic (exact) mass is 391 g/mol. The van der Waals surface area contributed by atoms with E-state index in [9.17, 15) is 9.59 Å². The maximum Gasteiger partial charge on any atom is 0.260 e. The van der Waals surface area contributed by atoms with Gasteiger partial charge in [-0.25, -0.2) is 4.98 Å². The number of pyridine rings is 1. The van der Waals surface area contributed by atoms with E-state index in [0.29, 0.717) is 36.2 Å². The average Bonchev–Trinajstić information content (AvgIpc) is 2.99. The summed E-state index contributed by atoms with van der Waals surface area (Å²) >= 11 is 1.24. The number of nitrogens with two attached hydrogens (primary N) is 2. The van der Waals surface area contributed by atoms with Crippen molar-refractivity contribution in [2.45, 2.75) is 19.8 Å². The Kier molecular flexibility index (Phi) is 6.12. The highest BCUT2D eigenvalue weighted by molar-refractivity contribution is 7.21. The second-order valence-electron chi connectivity index (χ2n) is 6.73. The quantitative estimate of drug-likeness (QED) is 0.612. The molecule has 0 bridgehead atoms. The van der Waals surface area contributed by atoms with Crippen LogP contribution in [0.15, 0.2) is 12.3 Å². The Morgan fingerprint density at radius 1 is 1.48 bits per heavy atom. The minimum Gasteiger partial charge on any atom is -0.397 e. The molecule has 1 unspecified atom stereocenters. The molecule has 0 radical (unpaired) electrons. The van der Waals surface area contributed by atoms with Gasteiger partial charge in [0.1, 0.15) is 9.71 Å². The predicted octanol–water partition coefficient (Wildman–Crippen LogP) is 1.35. The number of fused-ring (bicyclic) bond motifs is 1. The van der Waals surface area contributed by atoms with Crippen LogP contribution >= 0.6 is 11.3 Å². The Hall–Kier alpha value is -2.39. The molecule has 8 nitrogen and oxygen atoms in total. The molecule has 146 valence electrons. The van der Waals surface area contributed by atoms with E-state index in [1.54, 1.807) is 6.20 Å². The molecule has 5 N–H and O–H groups in total. The van der Waals surface area contributed by atoms with Crippen molar-refractivity contribution < 1.29 is 14.3 Å². The number of nitrogens with zero attached hydrogens (tertiary/aromatic N) is 2. The minimum absolute atomic E-state index is 0.0483. The molecule has 27 heavy (non-hydrogen) atoms. The number of anilines is 2. The molecule has 2 aromatic rings. The second kappa shape index (κ2) is 8.53. The lowest BCUT2D eigenvalue weighted by Crippen LogP contribution is -2.37. The third kappa shape index (κ3) is 4.48. The van der Waals surface area contributed by atoms with Gasteiger partial charge in [0, 0.05) is 32.8 Å². The molecule has 1 fully saturated rings. The zero-order chi connectivity index (χ0) is 19.4. The van der Waals surface area contributed by atoms with Crippen molar-refractivity contribution in [3.05, 3.63) is 17.1 Å². The van der Waals surface area contributed by atoms with Crippen LogP contribution in [0.25, 0.3) is 10.2 Å². The zero-order valence-electron chi connectivity index (χ0n) is 15.4. The molecule has 1 aliphatic rings. The standard InChI is InChI=1S/C18H25N5O3S/c1-11(24)21-6-8-26-10-12-3-2-7-23(9-12)13-4-5-22-18-14(13)15(19)16(27-18)17(20)25/h4-5,12H,2-3,6-10,19H2,1H3,(H2,20,25)(H,21,24). The van der Waals surface area contributed by atoms with Gasteiger partial charge in [-0.1, -0.05) is 0 Å². The second-order valence-corrected chi connectivity index (χ2v) is 7.73. The van der Waals surface area contributed by atoms with Crippen LogP contribution < -0.4 is 21.7 Å². The summed E-state index contributed by atoms with van der Waals surface area (Å²) in [6.07, 6.45) is 3.89. The molecule has 3 heterocycles. The first kappa shape index (κ1) is 19.4.